The Morgan fingerprint density at radius 1 is 0.933 bits per heavy atom. The molecule has 1 aromatic heterocycles. The second-order valence-corrected chi connectivity index (χ2v) is 8.08. The van der Waals surface area contributed by atoms with Gasteiger partial charge in [-0.15, -0.1) is 0 Å². The highest BCUT2D eigenvalue weighted by Gasteiger charge is 2.43. The molecule has 0 radical (unpaired) electrons. The molecule has 30 heavy (non-hydrogen) atoms. The van der Waals surface area contributed by atoms with Crippen LogP contribution >= 0.6 is 23.2 Å². The third kappa shape index (κ3) is 2.83. The Hall–Kier alpha value is -3.08. The Bertz CT molecular complexity index is 1380. The van der Waals surface area contributed by atoms with Crippen LogP contribution < -0.4 is 10.3 Å². The zero-order chi connectivity index (χ0) is 21.0. The minimum atomic E-state index is -0.649. The molecule has 2 heterocycles. The first-order valence-electron chi connectivity index (χ1n) is 9.36. The Kier molecular flexibility index (Phi) is 4.42. The van der Waals surface area contributed by atoms with Crippen LogP contribution in [0, 0.1) is 6.92 Å². The van der Waals surface area contributed by atoms with Crippen molar-refractivity contribution in [2.24, 2.45) is 0 Å². The normalized spacial score (nSPS) is 15.6. The molecule has 4 aromatic rings. The molecule has 0 bridgehead atoms. The van der Waals surface area contributed by atoms with Crippen LogP contribution in [0.1, 0.15) is 33.3 Å². The summed E-state index contributed by atoms with van der Waals surface area (Å²) in [7, 11) is 0. The molecular formula is C24H15Cl2NO3. The van der Waals surface area contributed by atoms with Crippen LogP contribution in [0.25, 0.3) is 11.0 Å². The summed E-state index contributed by atoms with van der Waals surface area (Å²) in [6.45, 7) is 1.89. The smallest absolute Gasteiger partial charge is 0.295 e. The van der Waals surface area contributed by atoms with Gasteiger partial charge in [-0.25, -0.2) is 0 Å². The molecule has 0 fully saturated rings. The second kappa shape index (κ2) is 7.01. The van der Waals surface area contributed by atoms with E-state index in [0.717, 1.165) is 11.1 Å². The lowest BCUT2D eigenvalue weighted by molar-refractivity contribution is 0.0971. The van der Waals surface area contributed by atoms with Gasteiger partial charge in [-0.3, -0.25) is 14.5 Å². The summed E-state index contributed by atoms with van der Waals surface area (Å²) in [5.41, 5.74) is 2.72. The number of rotatable bonds is 2. The zero-order valence-electron chi connectivity index (χ0n) is 15.9. The third-order valence-electron chi connectivity index (χ3n) is 5.40. The van der Waals surface area contributed by atoms with Gasteiger partial charge in [-0.05, 0) is 54.4 Å². The van der Waals surface area contributed by atoms with Crippen molar-refractivity contribution in [1.82, 2.24) is 0 Å². The average molecular weight is 436 g/mol. The number of fused-ring (bicyclic) bond motifs is 2. The summed E-state index contributed by atoms with van der Waals surface area (Å²) < 4.78 is 5.93. The van der Waals surface area contributed by atoms with Gasteiger partial charge in [-0.2, -0.15) is 0 Å². The fraction of sp³-hybridized carbons (Fsp3) is 0.0833. The van der Waals surface area contributed by atoms with Crippen molar-refractivity contribution < 1.29 is 9.21 Å². The number of para-hydroxylation sites is 1. The monoisotopic (exact) mass is 435 g/mol. The molecule has 1 aliphatic heterocycles. The number of benzene rings is 3. The molecule has 1 amide bonds. The molecule has 1 unspecified atom stereocenters. The fourth-order valence-electron chi connectivity index (χ4n) is 3.88. The van der Waals surface area contributed by atoms with Gasteiger partial charge in [0.05, 0.1) is 17.0 Å². The maximum Gasteiger partial charge on any atom is 0.295 e. The number of carbonyl (C=O) groups is 1. The van der Waals surface area contributed by atoms with E-state index < -0.39 is 6.04 Å². The lowest BCUT2D eigenvalue weighted by Crippen LogP contribution is -2.29. The minimum Gasteiger partial charge on any atom is -0.450 e. The van der Waals surface area contributed by atoms with Gasteiger partial charge in [-0.1, -0.05) is 53.5 Å². The first kappa shape index (κ1) is 18.9. The fourth-order valence-corrected chi connectivity index (χ4v) is 4.18. The number of amides is 1. The number of hydrogen-bond acceptors (Lipinski definition) is 3. The largest absolute Gasteiger partial charge is 0.450 e. The van der Waals surface area contributed by atoms with Crippen LogP contribution in [0.2, 0.25) is 10.0 Å². The van der Waals surface area contributed by atoms with Gasteiger partial charge >= 0.3 is 0 Å². The van der Waals surface area contributed by atoms with E-state index >= 15 is 0 Å². The predicted octanol–water partition coefficient (Wildman–Crippen LogP) is 6.16. The van der Waals surface area contributed by atoms with Crippen LogP contribution in [0.3, 0.4) is 0 Å². The highest BCUT2D eigenvalue weighted by molar-refractivity contribution is 6.31. The van der Waals surface area contributed by atoms with Gasteiger partial charge in [0, 0.05) is 15.7 Å². The summed E-state index contributed by atoms with van der Waals surface area (Å²) in [6.07, 6.45) is 0. The molecule has 0 N–H and O–H groups in total. The van der Waals surface area contributed by atoms with Crippen LogP contribution in [-0.4, -0.2) is 5.91 Å². The number of aryl methyl sites for hydroxylation is 1. The standard InChI is InChI=1S/C24H15Cl2NO3/c1-13-6-11-16(12-18(13)26)27-21(14-7-9-15(25)10-8-14)20-22(28)17-4-2-3-5-19(17)30-23(20)24(27)29/h2-12,21H,1H3. The topological polar surface area (TPSA) is 50.5 Å². The van der Waals surface area contributed by atoms with Gasteiger partial charge in [0.25, 0.3) is 5.91 Å². The predicted molar refractivity (Wildman–Crippen MR) is 119 cm³/mol. The van der Waals surface area contributed by atoms with Crippen molar-refractivity contribution in [3.05, 3.63) is 109 Å². The van der Waals surface area contributed by atoms with Crippen molar-refractivity contribution >= 4 is 45.8 Å². The molecule has 1 atom stereocenters. The molecule has 6 heteroatoms. The van der Waals surface area contributed by atoms with Gasteiger partial charge in [0.2, 0.25) is 5.76 Å². The van der Waals surface area contributed by atoms with E-state index in [0.29, 0.717) is 32.3 Å². The van der Waals surface area contributed by atoms with Crippen molar-refractivity contribution in [3.63, 3.8) is 0 Å². The van der Waals surface area contributed by atoms with Crippen LogP contribution in [0.4, 0.5) is 5.69 Å². The molecule has 0 aliphatic carbocycles. The third-order valence-corrected chi connectivity index (χ3v) is 6.06. The van der Waals surface area contributed by atoms with Gasteiger partial charge < -0.3 is 4.42 Å². The second-order valence-electron chi connectivity index (χ2n) is 7.23. The van der Waals surface area contributed by atoms with Gasteiger partial charge in [0.15, 0.2) is 5.43 Å². The van der Waals surface area contributed by atoms with E-state index in [2.05, 4.69) is 0 Å². The van der Waals surface area contributed by atoms with E-state index in [-0.39, 0.29) is 17.1 Å². The lowest BCUT2D eigenvalue weighted by Gasteiger charge is -2.25. The van der Waals surface area contributed by atoms with Crippen LogP contribution in [0.15, 0.2) is 75.9 Å². The average Bonchev–Trinajstić information content (AvgIpc) is 3.04. The number of nitrogens with zero attached hydrogens (tertiary/aromatic N) is 1. The molecule has 148 valence electrons. The summed E-state index contributed by atoms with van der Waals surface area (Å²) >= 11 is 12.4. The Balaban J connectivity index is 1.81. The lowest BCUT2D eigenvalue weighted by atomic mass is 9.98. The highest BCUT2D eigenvalue weighted by atomic mass is 35.5. The number of anilines is 1. The van der Waals surface area contributed by atoms with Crippen molar-refractivity contribution in [3.8, 4) is 0 Å². The molecular weight excluding hydrogens is 421 g/mol. The van der Waals surface area contributed by atoms with Crippen molar-refractivity contribution in [1.29, 1.82) is 0 Å². The zero-order valence-corrected chi connectivity index (χ0v) is 17.4. The van der Waals surface area contributed by atoms with Crippen LogP contribution in [0.5, 0.6) is 0 Å². The number of hydrogen-bond donors (Lipinski definition) is 0. The maximum absolute atomic E-state index is 13.5. The van der Waals surface area contributed by atoms with E-state index in [4.69, 9.17) is 27.6 Å². The number of carbonyl (C=O) groups excluding carboxylic acids is 1. The molecule has 0 saturated carbocycles. The molecule has 0 saturated heterocycles. The van der Waals surface area contributed by atoms with E-state index in [1.807, 2.05) is 31.2 Å². The maximum atomic E-state index is 13.5. The van der Waals surface area contributed by atoms with Crippen molar-refractivity contribution in [2.75, 3.05) is 4.90 Å². The minimum absolute atomic E-state index is 0.0512. The van der Waals surface area contributed by atoms with E-state index in [9.17, 15) is 9.59 Å². The summed E-state index contributed by atoms with van der Waals surface area (Å²) in [5, 5.41) is 1.54. The first-order chi connectivity index (χ1) is 14.5. The molecule has 4 nitrogen and oxygen atoms in total. The van der Waals surface area contributed by atoms with E-state index in [1.54, 1.807) is 47.4 Å². The van der Waals surface area contributed by atoms with E-state index in [1.165, 1.54) is 0 Å². The summed E-state index contributed by atoms with van der Waals surface area (Å²) in [5.74, 6) is -0.330. The summed E-state index contributed by atoms with van der Waals surface area (Å²) in [6, 6.07) is 18.8. The molecule has 5 rings (SSSR count). The Labute approximate surface area is 182 Å². The Morgan fingerprint density at radius 3 is 2.40 bits per heavy atom. The highest BCUT2D eigenvalue weighted by Crippen LogP contribution is 2.42. The van der Waals surface area contributed by atoms with Gasteiger partial charge in [0.1, 0.15) is 5.58 Å². The molecule has 1 aliphatic rings. The van der Waals surface area contributed by atoms with Crippen LogP contribution in [-0.2, 0) is 0 Å². The SMILES string of the molecule is Cc1ccc(N2C(=O)c3oc4ccccc4c(=O)c3C2c2ccc(Cl)cc2)cc1Cl. The number of halogens is 2. The Morgan fingerprint density at radius 2 is 1.67 bits per heavy atom. The quantitative estimate of drug-likeness (QED) is 0.378. The molecule has 3 aromatic carbocycles. The molecule has 0 spiro atoms. The summed E-state index contributed by atoms with van der Waals surface area (Å²) in [4.78, 5) is 28.4. The van der Waals surface area contributed by atoms with Crippen molar-refractivity contribution in [2.45, 2.75) is 13.0 Å². The first-order valence-corrected chi connectivity index (χ1v) is 10.1.